The molecule has 5 nitrogen and oxygen atoms in total. The van der Waals surface area contributed by atoms with Crippen molar-refractivity contribution in [2.45, 2.75) is 57.7 Å². The summed E-state index contributed by atoms with van der Waals surface area (Å²) in [6, 6.07) is 1.17. The first-order valence-electron chi connectivity index (χ1n) is 6.34. The van der Waals surface area contributed by atoms with Gasteiger partial charge in [0.2, 0.25) is 0 Å². The molecule has 3 rings (SSSR count). The second kappa shape index (κ2) is 4.13. The van der Waals surface area contributed by atoms with E-state index in [1.54, 1.807) is 0 Å². The lowest BCUT2D eigenvalue weighted by molar-refractivity contribution is 0.204. The predicted octanol–water partition coefficient (Wildman–Crippen LogP) is 1.29. The molecular weight excluding hydrogens is 202 g/mol. The summed E-state index contributed by atoms with van der Waals surface area (Å²) in [5, 5.41) is 15.5. The molecule has 0 amide bonds. The highest BCUT2D eigenvalue weighted by Gasteiger charge is 2.28. The first-order chi connectivity index (χ1) is 7.84. The third-order valence-electron chi connectivity index (χ3n) is 3.90. The average Bonchev–Trinajstić information content (AvgIpc) is 2.90. The highest BCUT2D eigenvalue weighted by atomic mass is 15.6. The Bertz CT molecular complexity index is 353. The first kappa shape index (κ1) is 10.2. The summed E-state index contributed by atoms with van der Waals surface area (Å²) in [6.07, 6.45) is 6.64. The number of rotatable bonds is 5. The highest BCUT2D eigenvalue weighted by molar-refractivity contribution is 4.90. The van der Waals surface area contributed by atoms with E-state index in [9.17, 15) is 0 Å². The van der Waals surface area contributed by atoms with Crippen LogP contribution in [0.4, 0.5) is 0 Å². The van der Waals surface area contributed by atoms with E-state index in [-0.39, 0.29) is 0 Å². The second-order valence-corrected chi connectivity index (χ2v) is 5.13. The summed E-state index contributed by atoms with van der Waals surface area (Å²) in [7, 11) is 0. The van der Waals surface area contributed by atoms with Gasteiger partial charge in [-0.2, -0.15) is 0 Å². The third kappa shape index (κ3) is 1.96. The lowest BCUT2D eigenvalue weighted by atomic mass is 9.80. The summed E-state index contributed by atoms with van der Waals surface area (Å²) >= 11 is 0. The zero-order valence-corrected chi connectivity index (χ0v) is 9.76. The second-order valence-electron chi connectivity index (χ2n) is 5.13. The maximum atomic E-state index is 4.13. The maximum Gasteiger partial charge on any atom is 0.165 e. The van der Waals surface area contributed by atoms with Crippen molar-refractivity contribution in [1.82, 2.24) is 25.5 Å². The molecule has 1 aromatic heterocycles. The van der Waals surface area contributed by atoms with E-state index in [0.29, 0.717) is 12.1 Å². The van der Waals surface area contributed by atoms with Gasteiger partial charge < -0.3 is 5.32 Å². The molecule has 0 saturated heterocycles. The highest BCUT2D eigenvalue weighted by Crippen LogP contribution is 2.35. The van der Waals surface area contributed by atoms with Crippen LogP contribution in [-0.4, -0.2) is 26.2 Å². The van der Waals surface area contributed by atoms with Crippen LogP contribution in [0.2, 0.25) is 0 Å². The van der Waals surface area contributed by atoms with Gasteiger partial charge >= 0.3 is 0 Å². The fourth-order valence-corrected chi connectivity index (χ4v) is 2.29. The smallest absolute Gasteiger partial charge is 0.165 e. The molecule has 1 N–H and O–H groups in total. The summed E-state index contributed by atoms with van der Waals surface area (Å²) in [6.45, 7) is 3.05. The Balaban J connectivity index is 1.65. The van der Waals surface area contributed by atoms with Crippen LogP contribution in [0.5, 0.6) is 0 Å². The molecule has 2 fully saturated rings. The van der Waals surface area contributed by atoms with Crippen LogP contribution >= 0.6 is 0 Å². The zero-order chi connectivity index (χ0) is 11.0. The number of aromatic nitrogens is 4. The van der Waals surface area contributed by atoms with E-state index in [1.165, 1.54) is 32.1 Å². The fraction of sp³-hybridized carbons (Fsp3) is 0.909. The van der Waals surface area contributed by atoms with Crippen LogP contribution in [0.3, 0.4) is 0 Å². The van der Waals surface area contributed by atoms with E-state index < -0.39 is 0 Å². The largest absolute Gasteiger partial charge is 0.307 e. The van der Waals surface area contributed by atoms with Crippen LogP contribution in [0.15, 0.2) is 0 Å². The zero-order valence-electron chi connectivity index (χ0n) is 9.76. The molecule has 0 aromatic carbocycles. The van der Waals surface area contributed by atoms with Gasteiger partial charge in [-0.1, -0.05) is 6.42 Å². The lowest BCUT2D eigenvalue weighted by Crippen LogP contribution is -2.27. The molecule has 5 heteroatoms. The molecule has 2 saturated carbocycles. The van der Waals surface area contributed by atoms with Crippen molar-refractivity contribution in [3.63, 3.8) is 0 Å². The van der Waals surface area contributed by atoms with Crippen molar-refractivity contribution in [2.75, 3.05) is 0 Å². The molecular formula is C11H19N5. The standard InChI is InChI=1S/C11H19N5/c1-8(9-3-2-4-9)16-11(13-14-15-16)7-12-10-5-6-10/h8-10,12H,2-7H2,1H3. The molecule has 16 heavy (non-hydrogen) atoms. The number of nitrogens with zero attached hydrogens (tertiary/aromatic N) is 4. The molecule has 2 aliphatic rings. The minimum absolute atomic E-state index is 0.458. The summed E-state index contributed by atoms with van der Waals surface area (Å²) in [5.41, 5.74) is 0. The van der Waals surface area contributed by atoms with E-state index in [2.05, 4.69) is 27.8 Å². The van der Waals surface area contributed by atoms with Crippen molar-refractivity contribution in [3.8, 4) is 0 Å². The number of tetrazole rings is 1. The van der Waals surface area contributed by atoms with Gasteiger partial charge in [-0.05, 0) is 49.0 Å². The van der Waals surface area contributed by atoms with Crippen molar-refractivity contribution in [2.24, 2.45) is 5.92 Å². The first-order valence-corrected chi connectivity index (χ1v) is 6.34. The Hall–Kier alpha value is -0.970. The van der Waals surface area contributed by atoms with E-state index in [1.807, 2.05) is 4.68 Å². The Morgan fingerprint density at radius 1 is 1.38 bits per heavy atom. The summed E-state index contributed by atoms with van der Waals surface area (Å²) < 4.78 is 2.01. The minimum Gasteiger partial charge on any atom is -0.307 e. The Morgan fingerprint density at radius 2 is 2.19 bits per heavy atom. The molecule has 88 valence electrons. The van der Waals surface area contributed by atoms with Gasteiger partial charge in [0.15, 0.2) is 5.82 Å². The minimum atomic E-state index is 0.458. The van der Waals surface area contributed by atoms with Gasteiger partial charge in [-0.15, -0.1) is 5.10 Å². The summed E-state index contributed by atoms with van der Waals surface area (Å²) in [5.74, 6) is 1.77. The van der Waals surface area contributed by atoms with Crippen LogP contribution in [0, 0.1) is 5.92 Å². The Morgan fingerprint density at radius 3 is 2.81 bits per heavy atom. The SMILES string of the molecule is CC(C1CCC1)n1nnnc1CNC1CC1. The van der Waals surface area contributed by atoms with Crippen molar-refractivity contribution >= 4 is 0 Å². The molecule has 1 heterocycles. The third-order valence-corrected chi connectivity index (χ3v) is 3.90. The van der Waals surface area contributed by atoms with Crippen LogP contribution in [-0.2, 0) is 6.54 Å². The van der Waals surface area contributed by atoms with Gasteiger partial charge in [0.25, 0.3) is 0 Å². The molecule has 2 aliphatic carbocycles. The van der Waals surface area contributed by atoms with Gasteiger partial charge in [0, 0.05) is 6.04 Å². The average molecular weight is 221 g/mol. The maximum absolute atomic E-state index is 4.13. The molecule has 0 aliphatic heterocycles. The number of nitrogens with one attached hydrogen (secondary N) is 1. The monoisotopic (exact) mass is 221 g/mol. The normalized spacial score (nSPS) is 23.1. The van der Waals surface area contributed by atoms with Crippen molar-refractivity contribution in [3.05, 3.63) is 5.82 Å². The van der Waals surface area contributed by atoms with Gasteiger partial charge in [-0.3, -0.25) is 0 Å². The quantitative estimate of drug-likeness (QED) is 0.814. The molecule has 0 bridgehead atoms. The molecule has 1 aromatic rings. The van der Waals surface area contributed by atoms with Gasteiger partial charge in [0.05, 0.1) is 12.6 Å². The van der Waals surface area contributed by atoms with Crippen molar-refractivity contribution in [1.29, 1.82) is 0 Å². The Kier molecular flexibility index (Phi) is 2.63. The number of hydrogen-bond acceptors (Lipinski definition) is 4. The van der Waals surface area contributed by atoms with Crippen LogP contribution in [0.1, 0.15) is 50.9 Å². The topological polar surface area (TPSA) is 55.6 Å². The molecule has 1 atom stereocenters. The van der Waals surface area contributed by atoms with Gasteiger partial charge in [0.1, 0.15) is 0 Å². The molecule has 0 radical (unpaired) electrons. The van der Waals surface area contributed by atoms with Gasteiger partial charge in [-0.25, -0.2) is 4.68 Å². The molecule has 0 spiro atoms. The lowest BCUT2D eigenvalue weighted by Gasteiger charge is -2.31. The van der Waals surface area contributed by atoms with Crippen LogP contribution in [0.25, 0.3) is 0 Å². The Labute approximate surface area is 95.6 Å². The number of hydrogen-bond donors (Lipinski definition) is 1. The van der Waals surface area contributed by atoms with E-state index in [0.717, 1.165) is 18.3 Å². The van der Waals surface area contributed by atoms with E-state index >= 15 is 0 Å². The van der Waals surface area contributed by atoms with E-state index in [4.69, 9.17) is 0 Å². The predicted molar refractivity (Wildman–Crippen MR) is 59.7 cm³/mol. The van der Waals surface area contributed by atoms with Crippen LogP contribution < -0.4 is 5.32 Å². The summed E-state index contributed by atoms with van der Waals surface area (Å²) in [4.78, 5) is 0. The molecule has 1 unspecified atom stereocenters. The fourth-order valence-electron chi connectivity index (χ4n) is 2.29. The van der Waals surface area contributed by atoms with Crippen molar-refractivity contribution < 1.29 is 0 Å².